The number of hydrogen-bond donors (Lipinski definition) is 1. The van der Waals surface area contributed by atoms with Crippen LogP contribution < -0.4 is 10.2 Å². The zero-order valence-electron chi connectivity index (χ0n) is 15.1. The highest BCUT2D eigenvalue weighted by Crippen LogP contribution is 2.38. The Labute approximate surface area is 157 Å². The second kappa shape index (κ2) is 7.55. The molecule has 0 radical (unpaired) electrons. The number of carbonyl (C=O) groups is 1. The van der Waals surface area contributed by atoms with Crippen LogP contribution in [0.2, 0.25) is 0 Å². The lowest BCUT2D eigenvalue weighted by molar-refractivity contribution is -0.125. The van der Waals surface area contributed by atoms with Crippen LogP contribution in [0.15, 0.2) is 30.3 Å². The number of anilines is 1. The smallest absolute Gasteiger partial charge is 0.247 e. The maximum Gasteiger partial charge on any atom is 0.247 e. The zero-order chi connectivity index (χ0) is 16.6. The molecule has 2 heterocycles. The van der Waals surface area contributed by atoms with E-state index in [0.717, 1.165) is 43.6 Å². The van der Waals surface area contributed by atoms with Crippen LogP contribution in [0.4, 0.5) is 5.69 Å². The van der Waals surface area contributed by atoms with Crippen molar-refractivity contribution in [2.45, 2.75) is 57.0 Å². The Balaban J connectivity index is 0.00000182. The molecule has 4 nitrogen and oxygen atoms in total. The second-order valence-electron chi connectivity index (χ2n) is 7.82. The molecule has 2 unspecified atom stereocenters. The Morgan fingerprint density at radius 1 is 1.08 bits per heavy atom. The fourth-order valence-corrected chi connectivity index (χ4v) is 5.10. The number of nitrogens with one attached hydrogen (secondary N) is 1. The lowest BCUT2D eigenvalue weighted by atomic mass is 9.80. The van der Waals surface area contributed by atoms with Gasteiger partial charge in [0.1, 0.15) is 5.54 Å². The molecule has 0 bridgehead atoms. The van der Waals surface area contributed by atoms with Gasteiger partial charge in [-0.15, -0.1) is 12.4 Å². The van der Waals surface area contributed by atoms with Gasteiger partial charge in [-0.25, -0.2) is 0 Å². The van der Waals surface area contributed by atoms with E-state index in [1.54, 1.807) is 0 Å². The molecule has 1 saturated carbocycles. The molecule has 1 aromatic carbocycles. The Kier molecular flexibility index (Phi) is 5.59. The summed E-state index contributed by atoms with van der Waals surface area (Å²) in [5, 5.41) is 3.10. The van der Waals surface area contributed by atoms with Crippen LogP contribution in [-0.4, -0.2) is 42.1 Å². The average Bonchev–Trinajstić information content (AvgIpc) is 2.93. The van der Waals surface area contributed by atoms with Gasteiger partial charge in [0, 0.05) is 24.8 Å². The first-order chi connectivity index (χ1) is 11.7. The first-order valence-corrected chi connectivity index (χ1v) is 9.56. The third-order valence-corrected chi connectivity index (χ3v) is 6.57. The Morgan fingerprint density at radius 3 is 2.44 bits per heavy atom. The van der Waals surface area contributed by atoms with Gasteiger partial charge in [-0.2, -0.15) is 0 Å². The monoisotopic (exact) mass is 363 g/mol. The second-order valence-corrected chi connectivity index (χ2v) is 7.82. The molecule has 0 aromatic heterocycles. The summed E-state index contributed by atoms with van der Waals surface area (Å²) in [5.74, 6) is 1.03. The summed E-state index contributed by atoms with van der Waals surface area (Å²) in [6.45, 7) is 5.15. The first kappa shape index (κ1) is 18.5. The third kappa shape index (κ3) is 3.26. The molecule has 1 N–H and O–H groups in total. The van der Waals surface area contributed by atoms with Gasteiger partial charge in [-0.3, -0.25) is 9.69 Å². The number of piperidine rings is 1. The number of likely N-dealkylation sites (tertiary alicyclic amines) is 1. The van der Waals surface area contributed by atoms with Gasteiger partial charge < -0.3 is 10.2 Å². The predicted octanol–water partition coefficient (Wildman–Crippen LogP) is 3.42. The van der Waals surface area contributed by atoms with Gasteiger partial charge in [-0.1, -0.05) is 38.0 Å². The van der Waals surface area contributed by atoms with Crippen LogP contribution in [-0.2, 0) is 4.79 Å². The summed E-state index contributed by atoms with van der Waals surface area (Å²) >= 11 is 0. The molecule has 4 rings (SSSR count). The van der Waals surface area contributed by atoms with Gasteiger partial charge in [0.05, 0.1) is 6.67 Å². The van der Waals surface area contributed by atoms with Crippen molar-refractivity contribution in [3.63, 3.8) is 0 Å². The van der Waals surface area contributed by atoms with Crippen molar-refractivity contribution in [3.8, 4) is 0 Å². The number of hydrogen-bond acceptors (Lipinski definition) is 3. The van der Waals surface area contributed by atoms with Crippen LogP contribution in [0.5, 0.6) is 0 Å². The molecule has 1 spiro atoms. The number of rotatable bonds is 2. The lowest BCUT2D eigenvalue weighted by Crippen LogP contribution is -2.58. The van der Waals surface area contributed by atoms with Crippen molar-refractivity contribution in [1.82, 2.24) is 10.2 Å². The molecule has 3 aliphatic rings. The van der Waals surface area contributed by atoms with Gasteiger partial charge in [0.25, 0.3) is 0 Å². The predicted molar refractivity (Wildman–Crippen MR) is 104 cm³/mol. The number of carbonyl (C=O) groups excluding carboxylic acids is 1. The van der Waals surface area contributed by atoms with Gasteiger partial charge in [-0.05, 0) is 43.7 Å². The van der Waals surface area contributed by atoms with Gasteiger partial charge in [0.15, 0.2) is 0 Å². The Morgan fingerprint density at radius 2 is 1.76 bits per heavy atom. The molecule has 1 aromatic rings. The van der Waals surface area contributed by atoms with E-state index in [1.807, 2.05) is 6.07 Å². The third-order valence-electron chi connectivity index (χ3n) is 6.57. The van der Waals surface area contributed by atoms with E-state index in [-0.39, 0.29) is 23.9 Å². The maximum atomic E-state index is 12.7. The highest BCUT2D eigenvalue weighted by atomic mass is 35.5. The average molecular weight is 364 g/mol. The molecule has 138 valence electrons. The van der Waals surface area contributed by atoms with E-state index in [9.17, 15) is 4.79 Å². The number of para-hydroxylation sites is 1. The first-order valence-electron chi connectivity index (χ1n) is 9.56. The van der Waals surface area contributed by atoms with Crippen molar-refractivity contribution >= 4 is 24.0 Å². The quantitative estimate of drug-likeness (QED) is 0.874. The van der Waals surface area contributed by atoms with E-state index >= 15 is 0 Å². The molecule has 2 atom stereocenters. The number of halogens is 1. The van der Waals surface area contributed by atoms with Crippen molar-refractivity contribution in [1.29, 1.82) is 0 Å². The zero-order valence-corrected chi connectivity index (χ0v) is 15.9. The summed E-state index contributed by atoms with van der Waals surface area (Å²) < 4.78 is 0. The summed E-state index contributed by atoms with van der Waals surface area (Å²) in [6.07, 6.45) is 7.34. The Bertz CT molecular complexity index is 586. The highest BCUT2D eigenvalue weighted by molar-refractivity contribution is 5.93. The SMILES string of the molecule is CC1CCCCC1N1CCC2(CC1)C(=O)NCN2c1ccccc1.Cl. The standard InChI is InChI=1S/C20H29N3O.ClH/c1-16-7-5-6-10-18(16)22-13-11-20(12-14-22)19(24)21-15-23(20)17-8-3-2-4-9-17;/h2-4,8-9,16,18H,5-7,10-15H2,1H3,(H,21,24);1H. The summed E-state index contributed by atoms with van der Waals surface area (Å²) in [5.41, 5.74) is 0.825. The largest absolute Gasteiger partial charge is 0.339 e. The van der Waals surface area contributed by atoms with E-state index in [4.69, 9.17) is 0 Å². The van der Waals surface area contributed by atoms with Gasteiger partial charge >= 0.3 is 0 Å². The molecule has 2 aliphatic heterocycles. The molecule has 1 amide bonds. The van der Waals surface area contributed by atoms with Crippen LogP contribution >= 0.6 is 12.4 Å². The molecule has 3 fully saturated rings. The topological polar surface area (TPSA) is 35.6 Å². The molecule has 25 heavy (non-hydrogen) atoms. The molecule has 1 aliphatic carbocycles. The minimum atomic E-state index is -0.338. The van der Waals surface area contributed by atoms with Crippen LogP contribution in [0.1, 0.15) is 45.4 Å². The lowest BCUT2D eigenvalue weighted by Gasteiger charge is -2.47. The minimum Gasteiger partial charge on any atom is -0.339 e. The van der Waals surface area contributed by atoms with Crippen molar-refractivity contribution < 1.29 is 4.79 Å². The van der Waals surface area contributed by atoms with Crippen molar-refractivity contribution in [2.75, 3.05) is 24.7 Å². The molecule has 5 heteroatoms. The summed E-state index contributed by atoms with van der Waals surface area (Å²) in [6, 6.07) is 11.1. The van der Waals surface area contributed by atoms with Crippen molar-refractivity contribution in [3.05, 3.63) is 30.3 Å². The summed E-state index contributed by atoms with van der Waals surface area (Å²) in [4.78, 5) is 17.7. The van der Waals surface area contributed by atoms with E-state index in [2.05, 4.69) is 46.3 Å². The van der Waals surface area contributed by atoms with Crippen LogP contribution in [0, 0.1) is 5.92 Å². The molecular formula is C20H30ClN3O. The fraction of sp³-hybridized carbons (Fsp3) is 0.650. The Hall–Kier alpha value is -1.26. The normalized spacial score (nSPS) is 29.3. The van der Waals surface area contributed by atoms with Crippen molar-refractivity contribution in [2.24, 2.45) is 5.92 Å². The number of benzene rings is 1. The highest BCUT2D eigenvalue weighted by Gasteiger charge is 2.51. The minimum absolute atomic E-state index is 0. The number of nitrogens with zero attached hydrogens (tertiary/aromatic N) is 2. The van der Waals surface area contributed by atoms with Gasteiger partial charge in [0.2, 0.25) is 5.91 Å². The number of amides is 1. The molecule has 2 saturated heterocycles. The molecular weight excluding hydrogens is 334 g/mol. The van der Waals surface area contributed by atoms with Crippen LogP contribution in [0.3, 0.4) is 0 Å². The van der Waals surface area contributed by atoms with E-state index in [1.165, 1.54) is 25.7 Å². The van der Waals surface area contributed by atoms with E-state index < -0.39 is 0 Å². The van der Waals surface area contributed by atoms with Crippen LogP contribution in [0.25, 0.3) is 0 Å². The fourth-order valence-electron chi connectivity index (χ4n) is 5.10. The maximum absolute atomic E-state index is 12.7. The summed E-state index contributed by atoms with van der Waals surface area (Å²) in [7, 11) is 0. The van der Waals surface area contributed by atoms with E-state index in [0.29, 0.717) is 6.67 Å².